The summed E-state index contributed by atoms with van der Waals surface area (Å²) in [7, 11) is 0. The summed E-state index contributed by atoms with van der Waals surface area (Å²) in [4.78, 5) is 20.6. The van der Waals surface area contributed by atoms with Crippen LogP contribution in [0.25, 0.3) is 0 Å². The van der Waals surface area contributed by atoms with Crippen molar-refractivity contribution in [2.24, 2.45) is 0 Å². The highest BCUT2D eigenvalue weighted by molar-refractivity contribution is 5.69. The molecule has 0 aromatic heterocycles. The van der Waals surface area contributed by atoms with E-state index in [2.05, 4.69) is 4.74 Å². The Labute approximate surface area is 71.5 Å². The molecule has 0 bridgehead atoms. The van der Waals surface area contributed by atoms with Crippen molar-refractivity contribution in [1.29, 1.82) is 0 Å². The number of hydrogen-bond acceptors (Lipinski definition) is 4. The zero-order valence-corrected chi connectivity index (χ0v) is 7.16. The fourth-order valence-electron chi connectivity index (χ4n) is 0.615. The lowest BCUT2D eigenvalue weighted by molar-refractivity contribution is -0.146. The third kappa shape index (κ3) is 7.21. The largest absolute Gasteiger partial charge is 0.463 e. The minimum Gasteiger partial charge on any atom is -0.463 e. The zero-order valence-electron chi connectivity index (χ0n) is 7.16. The van der Waals surface area contributed by atoms with Crippen LogP contribution in [0.4, 0.5) is 0 Å². The first-order valence-electron chi connectivity index (χ1n) is 3.94. The summed E-state index contributed by atoms with van der Waals surface area (Å²) in [5.74, 6) is -0.363. The molecule has 0 aliphatic rings. The van der Waals surface area contributed by atoms with Gasteiger partial charge in [-0.3, -0.25) is 4.79 Å². The molecule has 4 heteroatoms. The molecule has 0 heterocycles. The molecule has 12 heavy (non-hydrogen) atoms. The van der Waals surface area contributed by atoms with Crippen molar-refractivity contribution in [3.8, 4) is 0 Å². The lowest BCUT2D eigenvalue weighted by Crippen LogP contribution is -2.14. The third-order valence-electron chi connectivity index (χ3n) is 1.19. The Morgan fingerprint density at radius 2 is 2.33 bits per heavy atom. The Bertz CT molecular complexity index is 142. The van der Waals surface area contributed by atoms with Crippen LogP contribution in [0.1, 0.15) is 26.2 Å². The van der Waals surface area contributed by atoms with Gasteiger partial charge in [0.1, 0.15) is 12.9 Å². The quantitative estimate of drug-likeness (QED) is 0.357. The predicted octanol–water partition coefficient (Wildman–Crippen LogP) is 0.280. The summed E-state index contributed by atoms with van der Waals surface area (Å²) in [5.41, 5.74) is 0. The Balaban J connectivity index is 3.27. The number of ether oxygens (including phenoxy) is 1. The van der Waals surface area contributed by atoms with Crippen LogP contribution in [0.5, 0.6) is 0 Å². The van der Waals surface area contributed by atoms with E-state index in [9.17, 15) is 9.59 Å². The zero-order chi connectivity index (χ0) is 9.40. The fraction of sp³-hybridized carbons (Fsp3) is 0.750. The van der Waals surface area contributed by atoms with Crippen LogP contribution in [-0.2, 0) is 14.3 Å². The van der Waals surface area contributed by atoms with Crippen molar-refractivity contribution in [2.45, 2.75) is 32.3 Å². The van der Waals surface area contributed by atoms with Gasteiger partial charge in [0.05, 0.1) is 6.10 Å². The van der Waals surface area contributed by atoms with E-state index in [4.69, 9.17) is 5.11 Å². The molecule has 0 saturated heterocycles. The Kier molecular flexibility index (Phi) is 6.28. The number of unbranched alkanes of at least 4 members (excludes halogenated alkanes) is 1. The summed E-state index contributed by atoms with van der Waals surface area (Å²) < 4.78 is 4.65. The monoisotopic (exact) mass is 174 g/mol. The highest BCUT2D eigenvalue weighted by Gasteiger charge is 2.03. The summed E-state index contributed by atoms with van der Waals surface area (Å²) in [6.07, 6.45) is 1.28. The molecule has 1 unspecified atom stereocenters. The summed E-state index contributed by atoms with van der Waals surface area (Å²) in [6, 6.07) is 0. The topological polar surface area (TPSA) is 63.6 Å². The smallest absolute Gasteiger partial charge is 0.305 e. The maximum atomic E-state index is 10.8. The molecule has 70 valence electrons. The van der Waals surface area contributed by atoms with E-state index in [1.165, 1.54) is 0 Å². The van der Waals surface area contributed by atoms with Crippen LogP contribution in [0.15, 0.2) is 0 Å². The van der Waals surface area contributed by atoms with Crippen molar-refractivity contribution in [1.82, 2.24) is 0 Å². The number of rotatable bonds is 6. The van der Waals surface area contributed by atoms with Crippen LogP contribution in [0.3, 0.4) is 0 Å². The van der Waals surface area contributed by atoms with Gasteiger partial charge < -0.3 is 14.6 Å². The molecule has 0 radical (unpaired) electrons. The maximum Gasteiger partial charge on any atom is 0.305 e. The second-order valence-electron chi connectivity index (χ2n) is 2.59. The molecule has 0 aromatic rings. The molecule has 0 spiro atoms. The van der Waals surface area contributed by atoms with Gasteiger partial charge >= 0.3 is 5.97 Å². The van der Waals surface area contributed by atoms with E-state index in [1.54, 1.807) is 6.92 Å². The van der Waals surface area contributed by atoms with E-state index < -0.39 is 6.10 Å². The van der Waals surface area contributed by atoms with E-state index in [0.717, 1.165) is 6.29 Å². The average molecular weight is 174 g/mol. The van der Waals surface area contributed by atoms with Crippen molar-refractivity contribution < 1.29 is 19.4 Å². The minimum absolute atomic E-state index is 0.0277. The van der Waals surface area contributed by atoms with Gasteiger partial charge in [-0.25, -0.2) is 0 Å². The number of hydrogen-bond donors (Lipinski definition) is 1. The highest BCUT2D eigenvalue weighted by atomic mass is 16.5. The SMILES string of the molecule is CC(O)COC(=O)CCCC=O. The average Bonchev–Trinajstić information content (AvgIpc) is 2.01. The van der Waals surface area contributed by atoms with E-state index >= 15 is 0 Å². The fourth-order valence-corrected chi connectivity index (χ4v) is 0.615. The summed E-state index contributed by atoms with van der Waals surface area (Å²) in [5, 5.41) is 8.74. The van der Waals surface area contributed by atoms with Crippen LogP contribution in [0, 0.1) is 0 Å². The van der Waals surface area contributed by atoms with Gasteiger partial charge in [-0.05, 0) is 13.3 Å². The first-order chi connectivity index (χ1) is 5.66. The molecule has 0 aliphatic carbocycles. The van der Waals surface area contributed by atoms with Gasteiger partial charge in [-0.2, -0.15) is 0 Å². The summed E-state index contributed by atoms with van der Waals surface area (Å²) >= 11 is 0. The van der Waals surface area contributed by atoms with Gasteiger partial charge in [-0.1, -0.05) is 0 Å². The molecule has 0 aromatic carbocycles. The first kappa shape index (κ1) is 11.1. The Morgan fingerprint density at radius 1 is 1.67 bits per heavy atom. The molecule has 0 fully saturated rings. The molecular weight excluding hydrogens is 160 g/mol. The van der Waals surface area contributed by atoms with Gasteiger partial charge in [0, 0.05) is 12.8 Å². The molecule has 1 N–H and O–H groups in total. The maximum absolute atomic E-state index is 10.8. The van der Waals surface area contributed by atoms with E-state index in [1.807, 2.05) is 0 Å². The Hall–Kier alpha value is -0.900. The minimum atomic E-state index is -0.625. The van der Waals surface area contributed by atoms with Gasteiger partial charge in [-0.15, -0.1) is 0 Å². The predicted molar refractivity (Wildman–Crippen MR) is 42.6 cm³/mol. The van der Waals surface area contributed by atoms with Crippen molar-refractivity contribution in [2.75, 3.05) is 6.61 Å². The lowest BCUT2D eigenvalue weighted by atomic mass is 10.2. The molecule has 1 atom stereocenters. The van der Waals surface area contributed by atoms with Gasteiger partial charge in [0.15, 0.2) is 0 Å². The first-order valence-corrected chi connectivity index (χ1v) is 3.94. The molecule has 0 aliphatic heterocycles. The Morgan fingerprint density at radius 3 is 2.83 bits per heavy atom. The van der Waals surface area contributed by atoms with Crippen LogP contribution < -0.4 is 0 Å². The van der Waals surface area contributed by atoms with Gasteiger partial charge in [0.25, 0.3) is 0 Å². The molecule has 4 nitrogen and oxygen atoms in total. The number of aliphatic hydroxyl groups is 1. The molecular formula is C8H14O4. The van der Waals surface area contributed by atoms with Crippen molar-refractivity contribution >= 4 is 12.3 Å². The van der Waals surface area contributed by atoms with E-state index in [-0.39, 0.29) is 19.0 Å². The molecule has 0 saturated carbocycles. The number of aldehydes is 1. The van der Waals surface area contributed by atoms with Crippen LogP contribution in [0.2, 0.25) is 0 Å². The normalized spacial score (nSPS) is 12.2. The van der Waals surface area contributed by atoms with E-state index in [0.29, 0.717) is 12.8 Å². The lowest BCUT2D eigenvalue weighted by Gasteiger charge is -2.05. The summed E-state index contributed by atoms with van der Waals surface area (Å²) in [6.45, 7) is 1.57. The van der Waals surface area contributed by atoms with Crippen LogP contribution >= 0.6 is 0 Å². The van der Waals surface area contributed by atoms with Crippen LogP contribution in [-0.4, -0.2) is 30.1 Å². The standard InChI is InChI=1S/C8H14O4/c1-7(10)6-12-8(11)4-2-3-5-9/h5,7,10H,2-4,6H2,1H3. The highest BCUT2D eigenvalue weighted by Crippen LogP contribution is 1.96. The molecule has 0 amide bonds. The van der Waals surface area contributed by atoms with Crippen molar-refractivity contribution in [3.05, 3.63) is 0 Å². The number of aliphatic hydroxyl groups excluding tert-OH is 1. The number of carbonyl (C=O) groups excluding carboxylic acids is 2. The van der Waals surface area contributed by atoms with Gasteiger partial charge in [0.2, 0.25) is 0 Å². The molecule has 0 rings (SSSR count). The van der Waals surface area contributed by atoms with Crippen molar-refractivity contribution in [3.63, 3.8) is 0 Å². The number of esters is 1. The third-order valence-corrected chi connectivity index (χ3v) is 1.19. The number of carbonyl (C=O) groups is 2. The second kappa shape index (κ2) is 6.79. The second-order valence-corrected chi connectivity index (χ2v) is 2.59.